The van der Waals surface area contributed by atoms with Gasteiger partial charge in [0.1, 0.15) is 12.0 Å². The van der Waals surface area contributed by atoms with Gasteiger partial charge in [-0.3, -0.25) is 4.99 Å². The molecule has 0 spiro atoms. The Morgan fingerprint density at radius 1 is 1.86 bits per heavy atom. The largest absolute Gasteiger partial charge is 0.348 e. The quantitative estimate of drug-likeness (QED) is 0.337. The van der Waals surface area contributed by atoms with Crippen molar-refractivity contribution < 1.29 is 0 Å². The molecule has 1 radical (unpaired) electrons. The first-order valence-electron chi connectivity index (χ1n) is 2.03. The van der Waals surface area contributed by atoms with Gasteiger partial charge < -0.3 is 4.90 Å². The van der Waals surface area contributed by atoms with Crippen LogP contribution in [-0.2, 0) is 0 Å². The van der Waals surface area contributed by atoms with Gasteiger partial charge in [-0.1, -0.05) is 11.6 Å². The molecule has 0 saturated heterocycles. The Balaban J connectivity index is 2.45. The summed E-state index contributed by atoms with van der Waals surface area (Å²) in [5.74, 6) is 0. The summed E-state index contributed by atoms with van der Waals surface area (Å²) in [6, 6.07) is 0. The molecule has 1 aliphatic rings. The predicted octanol–water partition coefficient (Wildman–Crippen LogP) is 0.687. The second-order valence-corrected chi connectivity index (χ2v) is 1.90. The van der Waals surface area contributed by atoms with Gasteiger partial charge in [0.15, 0.2) is 0 Å². The van der Waals surface area contributed by atoms with E-state index in [1.807, 2.05) is 11.9 Å². The number of rotatable bonds is 0. The molecule has 1 atom stereocenters. The number of halogens is 1. The summed E-state index contributed by atoms with van der Waals surface area (Å²) < 4.78 is 0. The fraction of sp³-hybridized carbons (Fsp3) is 0.500. The predicted molar refractivity (Wildman–Crippen MR) is 30.2 cm³/mol. The third-order valence-corrected chi connectivity index (χ3v) is 1.27. The van der Waals surface area contributed by atoms with Crippen LogP contribution < -0.4 is 0 Å². The topological polar surface area (TPSA) is 15.6 Å². The van der Waals surface area contributed by atoms with Crippen LogP contribution in [0.25, 0.3) is 0 Å². The Bertz CT molecular complexity index is 91.7. The summed E-state index contributed by atoms with van der Waals surface area (Å²) >= 11 is 5.61. The smallest absolute Gasteiger partial charge is 0.129 e. The van der Waals surface area contributed by atoms with Gasteiger partial charge in [-0.15, -0.1) is 0 Å². The fourth-order valence-corrected chi connectivity index (χ4v) is 0.499. The van der Waals surface area contributed by atoms with Gasteiger partial charge in [-0.25, -0.2) is 0 Å². The lowest BCUT2D eigenvalue weighted by atomic mass is 10.6. The highest BCUT2D eigenvalue weighted by molar-refractivity contribution is 6.22. The van der Waals surface area contributed by atoms with E-state index in [4.69, 9.17) is 11.6 Å². The van der Waals surface area contributed by atoms with Crippen LogP contribution in [0.15, 0.2) is 4.99 Å². The molecule has 2 nitrogen and oxygen atoms in total. The molecule has 1 aliphatic heterocycles. The van der Waals surface area contributed by atoms with Gasteiger partial charge in [0.2, 0.25) is 0 Å². The molecule has 1 rings (SSSR count). The van der Waals surface area contributed by atoms with Crippen molar-refractivity contribution >= 4 is 17.9 Å². The van der Waals surface area contributed by atoms with Gasteiger partial charge in [0.25, 0.3) is 0 Å². The molecule has 0 aromatic rings. The minimum atomic E-state index is -0.0278. The molecule has 0 N–H and O–H groups in total. The van der Waals surface area contributed by atoms with Crippen molar-refractivity contribution in [1.29, 1.82) is 0 Å². The standard InChI is InChI=1S/C4H6ClN2/c1-7-3-6-2-4(7)5/h2-4H,1H3. The molecule has 0 saturated carbocycles. The zero-order valence-electron chi connectivity index (χ0n) is 4.00. The number of nitrogens with zero attached hydrogens (tertiary/aromatic N) is 2. The van der Waals surface area contributed by atoms with Gasteiger partial charge in [-0.05, 0) is 0 Å². The highest BCUT2D eigenvalue weighted by Gasteiger charge is 2.11. The van der Waals surface area contributed by atoms with Crippen LogP contribution in [0.3, 0.4) is 0 Å². The molecule has 39 valence electrons. The molecular weight excluding hydrogens is 112 g/mol. The lowest BCUT2D eigenvalue weighted by Crippen LogP contribution is -2.19. The molecular formula is C4H6ClN2. The average Bonchev–Trinajstić information content (AvgIpc) is 1.91. The summed E-state index contributed by atoms with van der Waals surface area (Å²) in [4.78, 5) is 5.61. The van der Waals surface area contributed by atoms with Crippen molar-refractivity contribution in [3.8, 4) is 0 Å². The summed E-state index contributed by atoms with van der Waals surface area (Å²) in [7, 11) is 1.88. The number of hydrogen-bond donors (Lipinski definition) is 0. The van der Waals surface area contributed by atoms with E-state index in [1.165, 1.54) is 0 Å². The van der Waals surface area contributed by atoms with Gasteiger partial charge in [-0.2, -0.15) is 0 Å². The van der Waals surface area contributed by atoms with Gasteiger partial charge >= 0.3 is 0 Å². The number of hydrogen-bond acceptors (Lipinski definition) is 2. The number of likely N-dealkylation sites (N-methyl/N-ethyl adjacent to an activating group) is 1. The molecule has 7 heavy (non-hydrogen) atoms. The van der Waals surface area contributed by atoms with Crippen molar-refractivity contribution in [2.24, 2.45) is 4.99 Å². The van der Waals surface area contributed by atoms with E-state index in [1.54, 1.807) is 12.9 Å². The molecule has 0 aromatic heterocycles. The van der Waals surface area contributed by atoms with Crippen molar-refractivity contribution in [2.45, 2.75) is 5.50 Å². The van der Waals surface area contributed by atoms with Gasteiger partial charge in [0, 0.05) is 7.05 Å². The Kier molecular flexibility index (Phi) is 1.19. The molecule has 0 fully saturated rings. The average molecular weight is 118 g/mol. The van der Waals surface area contributed by atoms with Crippen molar-refractivity contribution in [3.05, 3.63) is 6.54 Å². The van der Waals surface area contributed by atoms with Crippen LogP contribution in [0.4, 0.5) is 0 Å². The summed E-state index contributed by atoms with van der Waals surface area (Å²) in [6.45, 7) is 1.68. The number of aliphatic imine (C=N–C) groups is 1. The van der Waals surface area contributed by atoms with Crippen molar-refractivity contribution in [3.63, 3.8) is 0 Å². The molecule has 0 bridgehead atoms. The Labute approximate surface area is 47.8 Å². The van der Waals surface area contributed by atoms with Crippen molar-refractivity contribution in [1.82, 2.24) is 4.90 Å². The number of alkyl halides is 1. The van der Waals surface area contributed by atoms with Crippen molar-refractivity contribution in [2.75, 3.05) is 7.05 Å². The second kappa shape index (κ2) is 1.70. The Hall–Kier alpha value is -0.240. The molecule has 1 heterocycles. The minimum absolute atomic E-state index is 0.0278. The van der Waals surface area contributed by atoms with Crippen LogP contribution in [-0.4, -0.2) is 23.8 Å². The molecule has 3 heteroatoms. The Morgan fingerprint density at radius 2 is 2.57 bits per heavy atom. The lowest BCUT2D eigenvalue weighted by molar-refractivity contribution is 0.545. The summed E-state index contributed by atoms with van der Waals surface area (Å²) in [5, 5.41) is 0. The molecule has 0 aliphatic carbocycles. The first-order chi connectivity index (χ1) is 3.30. The van der Waals surface area contributed by atoms with Gasteiger partial charge in [0.05, 0.1) is 6.34 Å². The third-order valence-electron chi connectivity index (χ3n) is 0.847. The van der Waals surface area contributed by atoms with Crippen LogP contribution in [0.2, 0.25) is 0 Å². The zero-order chi connectivity index (χ0) is 5.28. The van der Waals surface area contributed by atoms with E-state index >= 15 is 0 Å². The SMILES string of the molecule is CN1C=N[CH]C1Cl. The molecule has 0 amide bonds. The Morgan fingerprint density at radius 3 is 2.71 bits per heavy atom. The third kappa shape index (κ3) is 0.855. The van der Waals surface area contributed by atoms with Crippen LogP contribution in [0, 0.1) is 6.54 Å². The first-order valence-corrected chi connectivity index (χ1v) is 2.47. The van der Waals surface area contributed by atoms with Crippen LogP contribution in [0.5, 0.6) is 0 Å². The van der Waals surface area contributed by atoms with Crippen LogP contribution >= 0.6 is 11.6 Å². The first kappa shape index (κ1) is 4.91. The van der Waals surface area contributed by atoms with E-state index in [2.05, 4.69) is 4.99 Å². The van der Waals surface area contributed by atoms with E-state index in [0.717, 1.165) is 0 Å². The van der Waals surface area contributed by atoms with Crippen LogP contribution in [0.1, 0.15) is 0 Å². The molecule has 0 aromatic carbocycles. The second-order valence-electron chi connectivity index (χ2n) is 1.45. The van der Waals surface area contributed by atoms with E-state index in [-0.39, 0.29) is 5.50 Å². The van der Waals surface area contributed by atoms with E-state index in [0.29, 0.717) is 0 Å². The summed E-state index contributed by atoms with van der Waals surface area (Å²) in [5.41, 5.74) is -0.0278. The maximum Gasteiger partial charge on any atom is 0.129 e. The monoisotopic (exact) mass is 117 g/mol. The molecule has 1 unspecified atom stereocenters. The van der Waals surface area contributed by atoms with E-state index < -0.39 is 0 Å². The summed E-state index contributed by atoms with van der Waals surface area (Å²) in [6.07, 6.45) is 1.69. The van der Waals surface area contributed by atoms with E-state index in [9.17, 15) is 0 Å². The maximum absolute atomic E-state index is 5.61. The highest BCUT2D eigenvalue weighted by Crippen LogP contribution is 2.09. The lowest BCUT2D eigenvalue weighted by Gasteiger charge is -2.08. The maximum atomic E-state index is 5.61. The highest BCUT2D eigenvalue weighted by atomic mass is 35.5. The zero-order valence-corrected chi connectivity index (χ0v) is 4.76. The normalized spacial score (nSPS) is 29.4. The fourth-order valence-electron chi connectivity index (χ4n) is 0.384. The minimum Gasteiger partial charge on any atom is -0.348 e.